The predicted molar refractivity (Wildman–Crippen MR) is 74.5 cm³/mol. The summed E-state index contributed by atoms with van der Waals surface area (Å²) >= 11 is 0. The molecule has 1 saturated heterocycles. The molecule has 1 aliphatic rings. The number of nitrogens with one attached hydrogen (secondary N) is 1. The van der Waals surface area contributed by atoms with Crippen LogP contribution in [0.4, 0.5) is 0 Å². The molecule has 0 radical (unpaired) electrons. The molecule has 1 N–H and O–H groups in total. The minimum absolute atomic E-state index is 0.399. The molecule has 1 aromatic heterocycles. The smallest absolute Gasteiger partial charge is 0.124 e. The van der Waals surface area contributed by atoms with E-state index in [1.807, 2.05) is 6.07 Å². The van der Waals surface area contributed by atoms with E-state index in [0.717, 1.165) is 16.9 Å². The molecule has 3 rings (SSSR count). The third-order valence-corrected chi connectivity index (χ3v) is 3.99. The second kappa shape index (κ2) is 5.11. The van der Waals surface area contributed by atoms with E-state index in [2.05, 4.69) is 35.0 Å². The maximum Gasteiger partial charge on any atom is 0.124 e. The zero-order chi connectivity index (χ0) is 12.4. The standard InChI is InChI=1S/C15H21N3/c1-12(18-10-6-2-3-7-11-18)15-16-13-8-4-5-9-14(13)17-15/h4-5,8-9,12H,2-3,6-7,10-11H2,1H3,(H,16,17). The lowest BCUT2D eigenvalue weighted by atomic mass is 10.2. The number of hydrogen-bond acceptors (Lipinski definition) is 2. The van der Waals surface area contributed by atoms with Crippen LogP contribution in [0.1, 0.15) is 44.5 Å². The third kappa shape index (κ3) is 2.27. The first kappa shape index (κ1) is 11.7. The zero-order valence-corrected chi connectivity index (χ0v) is 11.0. The highest BCUT2D eigenvalue weighted by atomic mass is 15.2. The highest BCUT2D eigenvalue weighted by molar-refractivity contribution is 5.74. The second-order valence-electron chi connectivity index (χ2n) is 5.27. The van der Waals surface area contributed by atoms with Crippen molar-refractivity contribution in [1.29, 1.82) is 0 Å². The van der Waals surface area contributed by atoms with Gasteiger partial charge in [0.1, 0.15) is 5.82 Å². The Morgan fingerprint density at radius 2 is 1.83 bits per heavy atom. The number of H-pyrrole nitrogens is 1. The van der Waals surface area contributed by atoms with Crippen molar-refractivity contribution in [3.8, 4) is 0 Å². The van der Waals surface area contributed by atoms with Crippen molar-refractivity contribution in [2.45, 2.75) is 38.6 Å². The summed E-state index contributed by atoms with van der Waals surface area (Å²) in [6, 6.07) is 8.67. The summed E-state index contributed by atoms with van der Waals surface area (Å²) in [5, 5.41) is 0. The lowest BCUT2D eigenvalue weighted by Crippen LogP contribution is -2.28. The molecule has 1 unspecified atom stereocenters. The van der Waals surface area contributed by atoms with Gasteiger partial charge in [-0.2, -0.15) is 0 Å². The van der Waals surface area contributed by atoms with Crippen molar-refractivity contribution in [2.75, 3.05) is 13.1 Å². The number of nitrogens with zero attached hydrogens (tertiary/aromatic N) is 2. The van der Waals surface area contributed by atoms with Gasteiger partial charge in [-0.05, 0) is 45.0 Å². The maximum atomic E-state index is 4.72. The molecule has 2 aromatic rings. The van der Waals surface area contributed by atoms with Crippen LogP contribution < -0.4 is 0 Å². The van der Waals surface area contributed by atoms with Gasteiger partial charge in [-0.3, -0.25) is 4.90 Å². The van der Waals surface area contributed by atoms with Gasteiger partial charge < -0.3 is 4.98 Å². The van der Waals surface area contributed by atoms with Crippen LogP contribution in [0.5, 0.6) is 0 Å². The molecule has 2 heterocycles. The van der Waals surface area contributed by atoms with E-state index in [4.69, 9.17) is 4.98 Å². The number of fused-ring (bicyclic) bond motifs is 1. The fraction of sp³-hybridized carbons (Fsp3) is 0.533. The molecule has 0 amide bonds. The van der Waals surface area contributed by atoms with E-state index in [1.165, 1.54) is 38.8 Å². The number of aromatic amines is 1. The molecular weight excluding hydrogens is 222 g/mol. The molecule has 0 spiro atoms. The number of imidazole rings is 1. The van der Waals surface area contributed by atoms with Gasteiger partial charge in [0.25, 0.3) is 0 Å². The molecule has 0 saturated carbocycles. The SMILES string of the molecule is CC(c1nc2ccccc2[nH]1)N1CCCCCC1. The molecule has 1 atom stereocenters. The number of rotatable bonds is 2. The minimum Gasteiger partial charge on any atom is -0.341 e. The molecular formula is C15H21N3. The molecule has 3 heteroatoms. The first-order chi connectivity index (χ1) is 8.84. The highest BCUT2D eigenvalue weighted by Crippen LogP contribution is 2.23. The van der Waals surface area contributed by atoms with Crippen LogP contribution >= 0.6 is 0 Å². The average Bonchev–Trinajstić information content (AvgIpc) is 2.64. The Kier molecular flexibility index (Phi) is 3.33. The fourth-order valence-electron chi connectivity index (χ4n) is 2.83. The summed E-state index contributed by atoms with van der Waals surface area (Å²) in [5.74, 6) is 1.11. The average molecular weight is 243 g/mol. The van der Waals surface area contributed by atoms with E-state index < -0.39 is 0 Å². The summed E-state index contributed by atoms with van der Waals surface area (Å²) in [5.41, 5.74) is 2.23. The number of para-hydroxylation sites is 2. The van der Waals surface area contributed by atoms with Crippen molar-refractivity contribution in [2.24, 2.45) is 0 Å². The Bertz CT molecular complexity index is 476. The maximum absolute atomic E-state index is 4.72. The zero-order valence-electron chi connectivity index (χ0n) is 11.0. The van der Waals surface area contributed by atoms with Crippen molar-refractivity contribution in [3.05, 3.63) is 30.1 Å². The van der Waals surface area contributed by atoms with Crippen LogP contribution in [-0.2, 0) is 0 Å². The van der Waals surface area contributed by atoms with Crippen molar-refractivity contribution in [3.63, 3.8) is 0 Å². The lowest BCUT2D eigenvalue weighted by molar-refractivity contribution is 0.212. The first-order valence-corrected chi connectivity index (χ1v) is 7.03. The molecule has 1 aliphatic heterocycles. The number of benzene rings is 1. The Morgan fingerprint density at radius 3 is 2.56 bits per heavy atom. The van der Waals surface area contributed by atoms with Crippen LogP contribution in [0.3, 0.4) is 0 Å². The number of hydrogen-bond donors (Lipinski definition) is 1. The van der Waals surface area contributed by atoms with Crippen molar-refractivity contribution >= 4 is 11.0 Å². The number of likely N-dealkylation sites (tertiary alicyclic amines) is 1. The third-order valence-electron chi connectivity index (χ3n) is 3.99. The molecule has 18 heavy (non-hydrogen) atoms. The van der Waals surface area contributed by atoms with Crippen LogP contribution in [0.25, 0.3) is 11.0 Å². The Morgan fingerprint density at radius 1 is 1.11 bits per heavy atom. The predicted octanol–water partition coefficient (Wildman–Crippen LogP) is 3.50. The Labute approximate surface area is 108 Å². The van der Waals surface area contributed by atoms with Crippen LogP contribution in [0.15, 0.2) is 24.3 Å². The second-order valence-corrected chi connectivity index (χ2v) is 5.27. The van der Waals surface area contributed by atoms with Gasteiger partial charge in [0, 0.05) is 0 Å². The van der Waals surface area contributed by atoms with Gasteiger partial charge in [-0.15, -0.1) is 0 Å². The van der Waals surface area contributed by atoms with Crippen LogP contribution in [0, 0.1) is 0 Å². The van der Waals surface area contributed by atoms with Crippen LogP contribution in [0.2, 0.25) is 0 Å². The van der Waals surface area contributed by atoms with Gasteiger partial charge in [0.2, 0.25) is 0 Å². The van der Waals surface area contributed by atoms with E-state index in [-0.39, 0.29) is 0 Å². The molecule has 0 aliphatic carbocycles. The van der Waals surface area contributed by atoms with E-state index in [0.29, 0.717) is 6.04 Å². The molecule has 96 valence electrons. The van der Waals surface area contributed by atoms with Gasteiger partial charge >= 0.3 is 0 Å². The Balaban J connectivity index is 1.83. The van der Waals surface area contributed by atoms with E-state index in [1.54, 1.807) is 0 Å². The largest absolute Gasteiger partial charge is 0.341 e. The summed E-state index contributed by atoms with van der Waals surface area (Å²) < 4.78 is 0. The molecule has 0 bridgehead atoms. The van der Waals surface area contributed by atoms with Crippen molar-refractivity contribution in [1.82, 2.24) is 14.9 Å². The molecule has 1 aromatic carbocycles. The molecule has 1 fully saturated rings. The Hall–Kier alpha value is -1.35. The van der Waals surface area contributed by atoms with E-state index in [9.17, 15) is 0 Å². The van der Waals surface area contributed by atoms with Gasteiger partial charge in [-0.25, -0.2) is 4.98 Å². The lowest BCUT2D eigenvalue weighted by Gasteiger charge is -2.25. The fourth-order valence-corrected chi connectivity index (χ4v) is 2.83. The van der Waals surface area contributed by atoms with Crippen molar-refractivity contribution < 1.29 is 0 Å². The normalized spacial score (nSPS) is 19.8. The first-order valence-electron chi connectivity index (χ1n) is 7.03. The number of aromatic nitrogens is 2. The summed E-state index contributed by atoms with van der Waals surface area (Å²) in [6.45, 7) is 4.68. The summed E-state index contributed by atoms with van der Waals surface area (Å²) in [6.07, 6.45) is 5.40. The monoisotopic (exact) mass is 243 g/mol. The summed E-state index contributed by atoms with van der Waals surface area (Å²) in [7, 11) is 0. The summed E-state index contributed by atoms with van der Waals surface area (Å²) in [4.78, 5) is 10.7. The minimum atomic E-state index is 0.399. The van der Waals surface area contributed by atoms with Gasteiger partial charge in [-0.1, -0.05) is 25.0 Å². The van der Waals surface area contributed by atoms with Crippen LogP contribution in [-0.4, -0.2) is 28.0 Å². The van der Waals surface area contributed by atoms with E-state index >= 15 is 0 Å². The highest BCUT2D eigenvalue weighted by Gasteiger charge is 2.19. The topological polar surface area (TPSA) is 31.9 Å². The van der Waals surface area contributed by atoms with Gasteiger partial charge in [0.15, 0.2) is 0 Å². The molecule has 3 nitrogen and oxygen atoms in total. The van der Waals surface area contributed by atoms with Gasteiger partial charge in [0.05, 0.1) is 17.1 Å². The quantitative estimate of drug-likeness (QED) is 0.875.